The molecule has 8 unspecified atom stereocenters. The van der Waals surface area contributed by atoms with Crippen molar-refractivity contribution in [3.8, 4) is 0 Å². The molecule has 0 aromatic heterocycles. The van der Waals surface area contributed by atoms with Crippen LogP contribution in [0.3, 0.4) is 0 Å². The Hall–Kier alpha value is -0.560. The van der Waals surface area contributed by atoms with Crippen LogP contribution < -0.4 is 0 Å². The zero-order valence-electron chi connectivity index (χ0n) is 61.3. The van der Waals surface area contributed by atoms with Crippen molar-refractivity contribution in [3.63, 3.8) is 0 Å². The molecule has 16 atom stereocenters. The standard InChI is InChI=1S/C86H154O/c1-13-15-17-19-21-23-25-27-29-31-33-35-37-39-57-85(63-61-81(9)71(65-85)47-49-73-77-53-51-75(69(7)45-41-43-67(3)4)83(77,11)59-55-79(73)81)87-86(58-40-38-36-34-32-30-28-26-24-22-20-18-16-14-2)64-62-82(10)72(66-86)48-50-74-78-54-52-76(70(8)46-42-44-68(5)6)84(78,12)60-56-80(74)82/h47-48,67-70,73-80H,13-46,49-66H2,1-12H3/t69-,70-,73?,74?,75-,76-,77?,78?,79?,80?,81+,82+,83-,84-,85?,86?/m1/s1. The van der Waals surface area contributed by atoms with Gasteiger partial charge in [-0.15, -0.1) is 0 Å². The molecule has 0 N–H and O–H groups in total. The summed E-state index contributed by atoms with van der Waals surface area (Å²) in [5, 5.41) is 0. The Labute approximate surface area is 545 Å². The third-order valence-electron chi connectivity index (χ3n) is 29.3. The van der Waals surface area contributed by atoms with Gasteiger partial charge in [0.05, 0.1) is 11.2 Å². The largest absolute Gasteiger partial charge is 0.368 e. The molecule has 6 fully saturated rings. The summed E-state index contributed by atoms with van der Waals surface area (Å²) in [6, 6.07) is 0. The van der Waals surface area contributed by atoms with E-state index in [1.807, 2.05) is 11.1 Å². The lowest BCUT2D eigenvalue weighted by Gasteiger charge is -2.62. The third-order valence-corrected chi connectivity index (χ3v) is 29.3. The van der Waals surface area contributed by atoms with Gasteiger partial charge in [0.1, 0.15) is 0 Å². The van der Waals surface area contributed by atoms with Gasteiger partial charge >= 0.3 is 0 Å². The van der Waals surface area contributed by atoms with E-state index in [1.54, 1.807) is 0 Å². The van der Waals surface area contributed by atoms with E-state index in [-0.39, 0.29) is 11.2 Å². The van der Waals surface area contributed by atoms with Crippen LogP contribution in [-0.2, 0) is 4.74 Å². The molecule has 6 saturated carbocycles. The molecule has 0 amide bonds. The summed E-state index contributed by atoms with van der Waals surface area (Å²) in [6.07, 6.45) is 80.2. The Morgan fingerprint density at radius 2 is 0.678 bits per heavy atom. The lowest BCUT2D eigenvalue weighted by Crippen LogP contribution is -2.56. The van der Waals surface area contributed by atoms with Crippen LogP contribution in [0.25, 0.3) is 0 Å². The van der Waals surface area contributed by atoms with Crippen molar-refractivity contribution in [1.29, 1.82) is 0 Å². The first-order valence-corrected chi connectivity index (χ1v) is 41.1. The average molecular weight is 1200 g/mol. The maximum atomic E-state index is 8.66. The fourth-order valence-corrected chi connectivity index (χ4v) is 23.9. The van der Waals surface area contributed by atoms with Crippen LogP contribution in [0, 0.1) is 92.7 Å². The van der Waals surface area contributed by atoms with Gasteiger partial charge in [-0.3, -0.25) is 0 Å². The van der Waals surface area contributed by atoms with Crippen LogP contribution in [-0.4, -0.2) is 11.2 Å². The number of unbranched alkanes of at least 4 members (excludes halogenated alkanes) is 26. The van der Waals surface area contributed by atoms with Gasteiger partial charge in [0.2, 0.25) is 0 Å². The maximum absolute atomic E-state index is 8.66. The Morgan fingerprint density at radius 3 is 1.00 bits per heavy atom. The highest BCUT2D eigenvalue weighted by atomic mass is 16.5. The van der Waals surface area contributed by atoms with Gasteiger partial charge in [-0.25, -0.2) is 0 Å². The van der Waals surface area contributed by atoms with E-state index in [2.05, 4.69) is 95.2 Å². The Balaban J connectivity index is 0.978. The molecule has 0 saturated heterocycles. The molecule has 1 heteroatoms. The predicted octanol–water partition coefficient (Wildman–Crippen LogP) is 28.3. The van der Waals surface area contributed by atoms with Gasteiger partial charge in [-0.1, -0.05) is 325 Å². The van der Waals surface area contributed by atoms with E-state index in [0.717, 1.165) is 71.0 Å². The molecule has 8 aliphatic carbocycles. The Kier molecular flexibility index (Phi) is 28.9. The summed E-state index contributed by atoms with van der Waals surface area (Å²) in [7, 11) is 0. The second-order valence-corrected chi connectivity index (χ2v) is 36.1. The summed E-state index contributed by atoms with van der Waals surface area (Å²) in [4.78, 5) is 0. The smallest absolute Gasteiger partial charge is 0.0727 e. The van der Waals surface area contributed by atoms with E-state index >= 15 is 0 Å². The second-order valence-electron chi connectivity index (χ2n) is 36.1. The van der Waals surface area contributed by atoms with Crippen LogP contribution in [0.4, 0.5) is 0 Å². The molecule has 0 radical (unpaired) electrons. The molecule has 0 aromatic carbocycles. The monoisotopic (exact) mass is 1200 g/mol. The molecule has 8 rings (SSSR count). The molecule has 8 aliphatic rings. The first-order valence-electron chi connectivity index (χ1n) is 41.1. The fraction of sp³-hybridized carbons (Fsp3) is 0.953. The number of allylic oxidation sites excluding steroid dienone is 2. The van der Waals surface area contributed by atoms with E-state index in [9.17, 15) is 0 Å². The van der Waals surface area contributed by atoms with Gasteiger partial charge in [-0.05, 0) is 208 Å². The van der Waals surface area contributed by atoms with Crippen LogP contribution in [0.1, 0.15) is 417 Å². The minimum absolute atomic E-state index is 0.00123. The highest BCUT2D eigenvalue weighted by Crippen LogP contribution is 2.71. The van der Waals surface area contributed by atoms with E-state index in [1.165, 1.54) is 334 Å². The summed E-state index contributed by atoms with van der Waals surface area (Å²) in [5.41, 5.74) is 5.62. The summed E-state index contributed by atoms with van der Waals surface area (Å²) in [5.74, 6) is 10.8. The maximum Gasteiger partial charge on any atom is 0.0727 e. The van der Waals surface area contributed by atoms with Crippen molar-refractivity contribution in [3.05, 3.63) is 23.3 Å². The third kappa shape index (κ3) is 18.5. The van der Waals surface area contributed by atoms with Crippen molar-refractivity contribution >= 4 is 0 Å². The van der Waals surface area contributed by atoms with Crippen molar-refractivity contribution < 1.29 is 4.74 Å². The van der Waals surface area contributed by atoms with E-state index < -0.39 is 0 Å². The van der Waals surface area contributed by atoms with Crippen LogP contribution in [0.5, 0.6) is 0 Å². The first kappa shape index (κ1) is 72.3. The molecule has 87 heavy (non-hydrogen) atoms. The number of rotatable bonds is 42. The quantitative estimate of drug-likeness (QED) is 0.0437. The number of hydrogen-bond donors (Lipinski definition) is 0. The number of fused-ring (bicyclic) bond motifs is 10. The Bertz CT molecular complexity index is 1870. The van der Waals surface area contributed by atoms with Gasteiger partial charge in [0.25, 0.3) is 0 Å². The molecule has 0 aromatic rings. The molecule has 0 aliphatic heterocycles. The van der Waals surface area contributed by atoms with E-state index in [0.29, 0.717) is 21.7 Å². The van der Waals surface area contributed by atoms with Crippen molar-refractivity contribution in [1.82, 2.24) is 0 Å². The van der Waals surface area contributed by atoms with Gasteiger partial charge in [0, 0.05) is 0 Å². The van der Waals surface area contributed by atoms with Crippen molar-refractivity contribution in [2.45, 2.75) is 428 Å². The molecular formula is C86H154O. The van der Waals surface area contributed by atoms with Crippen molar-refractivity contribution in [2.24, 2.45) is 92.7 Å². The number of ether oxygens (including phenoxy) is 1. The summed E-state index contributed by atoms with van der Waals surface area (Å²) in [6.45, 7) is 31.1. The molecule has 0 spiro atoms. The van der Waals surface area contributed by atoms with E-state index in [4.69, 9.17) is 4.74 Å². The number of hydrogen-bond acceptors (Lipinski definition) is 1. The topological polar surface area (TPSA) is 9.23 Å². The Morgan fingerprint density at radius 1 is 0.356 bits per heavy atom. The predicted molar refractivity (Wildman–Crippen MR) is 382 cm³/mol. The minimum atomic E-state index is 0.00123. The van der Waals surface area contributed by atoms with Gasteiger partial charge < -0.3 is 4.74 Å². The molecule has 504 valence electrons. The second kappa shape index (κ2) is 34.7. The minimum Gasteiger partial charge on any atom is -0.368 e. The van der Waals surface area contributed by atoms with Gasteiger partial charge in [-0.2, -0.15) is 0 Å². The normalized spacial score (nSPS) is 36.2. The molecular weight excluding hydrogens is 1050 g/mol. The lowest BCUT2D eigenvalue weighted by atomic mass is 9.45. The van der Waals surface area contributed by atoms with Crippen LogP contribution in [0.15, 0.2) is 23.3 Å². The summed E-state index contributed by atoms with van der Waals surface area (Å²) < 4.78 is 8.66. The van der Waals surface area contributed by atoms with Crippen LogP contribution >= 0.6 is 0 Å². The summed E-state index contributed by atoms with van der Waals surface area (Å²) >= 11 is 0. The first-order chi connectivity index (χ1) is 42.0. The zero-order chi connectivity index (χ0) is 62.0. The van der Waals surface area contributed by atoms with Crippen molar-refractivity contribution in [2.75, 3.05) is 0 Å². The highest BCUT2D eigenvalue weighted by molar-refractivity contribution is 5.30. The van der Waals surface area contributed by atoms with Gasteiger partial charge in [0.15, 0.2) is 0 Å². The average Bonchev–Trinajstić information content (AvgIpc) is 1.72. The lowest BCUT2D eigenvalue weighted by molar-refractivity contribution is -0.200. The molecule has 0 heterocycles. The SMILES string of the molecule is CCCCCCCCCCCCCCCCC1(OC2(CCCCCCCCCCCCCCCC)CC[C@@]3(C)C(=CCC4C3CC[C@@]3(C)C4CC[C@@H]3[C@H](C)CCCC(C)C)C2)CC[C@@]2(C)C(=CCC3C2CC[C@@]2(C)C3CC[C@@H]2[C@H](C)CCCC(C)C)C1. The molecule has 0 bridgehead atoms. The molecule has 1 nitrogen and oxygen atoms in total. The highest BCUT2D eigenvalue weighted by Gasteiger charge is 2.63. The zero-order valence-corrected chi connectivity index (χ0v) is 61.3. The fourth-order valence-electron chi connectivity index (χ4n) is 23.9. The van der Waals surface area contributed by atoms with Crippen LogP contribution in [0.2, 0.25) is 0 Å².